The van der Waals surface area contributed by atoms with Crippen molar-refractivity contribution in [3.63, 3.8) is 0 Å². The van der Waals surface area contributed by atoms with Gasteiger partial charge in [-0.25, -0.2) is 5.43 Å². The maximum Gasteiger partial charge on any atom is 0.307 e. The number of anilines is 1. The fraction of sp³-hybridized carbons (Fsp3) is 0.190. The van der Waals surface area contributed by atoms with Gasteiger partial charge in [0.05, 0.1) is 17.7 Å². The number of furan rings is 2. The number of hydrogen-bond acceptors (Lipinski definition) is 5. The number of amides is 2. The number of rotatable bonds is 4. The minimum atomic E-state index is -0.428. The highest BCUT2D eigenvalue weighted by Gasteiger charge is 2.28. The van der Waals surface area contributed by atoms with Crippen LogP contribution in [0.25, 0.3) is 0 Å². The molecule has 0 spiro atoms. The van der Waals surface area contributed by atoms with Crippen molar-refractivity contribution in [3.8, 4) is 0 Å². The third kappa shape index (κ3) is 3.88. The molecule has 29 heavy (non-hydrogen) atoms. The van der Waals surface area contributed by atoms with E-state index in [0.717, 1.165) is 16.5 Å². The third-order valence-corrected chi connectivity index (χ3v) is 5.38. The molecule has 0 bridgehead atoms. The summed E-state index contributed by atoms with van der Waals surface area (Å²) in [6, 6.07) is 10.6. The summed E-state index contributed by atoms with van der Waals surface area (Å²) in [5, 5.41) is 7.13. The summed E-state index contributed by atoms with van der Waals surface area (Å²) >= 11 is 3.42. The lowest BCUT2D eigenvalue weighted by Gasteiger charge is -2.13. The lowest BCUT2D eigenvalue weighted by molar-refractivity contribution is 0.0926. The highest BCUT2D eigenvalue weighted by atomic mass is 79.9. The van der Waals surface area contributed by atoms with Gasteiger partial charge in [-0.3, -0.25) is 9.59 Å². The summed E-state index contributed by atoms with van der Waals surface area (Å²) in [4.78, 5) is 24.9. The summed E-state index contributed by atoms with van der Waals surface area (Å²) in [5.74, 6) is 0.378. The lowest BCUT2D eigenvalue weighted by atomic mass is 9.93. The zero-order valence-electron chi connectivity index (χ0n) is 15.6. The lowest BCUT2D eigenvalue weighted by Crippen LogP contribution is -2.21. The van der Waals surface area contributed by atoms with Crippen LogP contribution < -0.4 is 10.7 Å². The van der Waals surface area contributed by atoms with Gasteiger partial charge in [0.1, 0.15) is 5.76 Å². The average Bonchev–Trinajstić information content (AvgIpc) is 3.37. The molecule has 2 N–H and O–H groups in total. The van der Waals surface area contributed by atoms with Crippen LogP contribution >= 0.6 is 15.9 Å². The monoisotopic (exact) mass is 455 g/mol. The Bertz CT molecular complexity index is 1100. The first kappa shape index (κ1) is 19.2. The molecule has 2 aromatic heterocycles. The molecule has 1 aliphatic carbocycles. The fourth-order valence-electron chi connectivity index (χ4n) is 3.32. The number of carbonyl (C=O) groups is 2. The van der Waals surface area contributed by atoms with E-state index in [0.29, 0.717) is 35.6 Å². The van der Waals surface area contributed by atoms with Crippen LogP contribution in [-0.4, -0.2) is 17.5 Å². The second-order valence-corrected chi connectivity index (χ2v) is 7.47. The van der Waals surface area contributed by atoms with Gasteiger partial charge in [-0.1, -0.05) is 12.1 Å². The number of halogens is 1. The topological polar surface area (TPSA) is 96.8 Å². The van der Waals surface area contributed by atoms with E-state index in [2.05, 4.69) is 31.8 Å². The van der Waals surface area contributed by atoms with Crippen molar-refractivity contribution in [1.29, 1.82) is 0 Å². The third-order valence-electron chi connectivity index (χ3n) is 4.69. The molecule has 8 heteroatoms. The Labute approximate surface area is 175 Å². The summed E-state index contributed by atoms with van der Waals surface area (Å²) in [6.07, 6.45) is 3.64. The average molecular weight is 456 g/mol. The number of fused-ring (bicyclic) bond motifs is 1. The van der Waals surface area contributed by atoms with Crippen molar-refractivity contribution in [2.45, 2.75) is 26.2 Å². The number of carbonyl (C=O) groups excluding carboxylic acids is 2. The van der Waals surface area contributed by atoms with Crippen LogP contribution in [0.15, 0.2) is 61.1 Å². The summed E-state index contributed by atoms with van der Waals surface area (Å²) < 4.78 is 11.7. The summed E-state index contributed by atoms with van der Waals surface area (Å²) in [7, 11) is 0. The van der Waals surface area contributed by atoms with Gasteiger partial charge in [-0.2, -0.15) is 5.10 Å². The normalized spacial score (nSPS) is 14.5. The molecular weight excluding hydrogens is 438 g/mol. The van der Waals surface area contributed by atoms with E-state index in [4.69, 9.17) is 8.83 Å². The van der Waals surface area contributed by atoms with Gasteiger partial charge in [0.25, 0.3) is 5.91 Å². The maximum absolute atomic E-state index is 12.8. The minimum Gasteiger partial charge on any atom is -0.459 e. The van der Waals surface area contributed by atoms with Crippen LogP contribution in [0.5, 0.6) is 0 Å². The van der Waals surface area contributed by atoms with Crippen molar-refractivity contribution >= 4 is 39.1 Å². The highest BCUT2D eigenvalue weighted by molar-refractivity contribution is 9.10. The van der Waals surface area contributed by atoms with E-state index in [-0.39, 0.29) is 17.4 Å². The standard InChI is InChI=1S/C21H18BrN3O4/c1-12-18-15(24-25-20(26)17-10-5-11-28-17)8-4-9-16(18)29-19(12)21(27)23-14-7-3-2-6-13(14)22/h2-3,5-7,10-11H,4,8-9H2,1H3,(H,23,27)(H,25,26)/b24-15+. The van der Waals surface area contributed by atoms with Gasteiger partial charge in [0, 0.05) is 22.0 Å². The first-order chi connectivity index (χ1) is 14.0. The predicted octanol–water partition coefficient (Wildman–Crippen LogP) is 4.67. The van der Waals surface area contributed by atoms with Gasteiger partial charge in [-0.15, -0.1) is 0 Å². The Morgan fingerprint density at radius 2 is 1.93 bits per heavy atom. The van der Waals surface area contributed by atoms with E-state index in [1.54, 1.807) is 18.2 Å². The number of nitrogens with zero attached hydrogens (tertiary/aromatic N) is 1. The summed E-state index contributed by atoms with van der Waals surface area (Å²) in [6.45, 7) is 1.83. The van der Waals surface area contributed by atoms with Crippen LogP contribution in [0.4, 0.5) is 5.69 Å². The zero-order valence-corrected chi connectivity index (χ0v) is 17.2. The largest absolute Gasteiger partial charge is 0.459 e. The number of para-hydroxylation sites is 1. The van der Waals surface area contributed by atoms with Crippen molar-refractivity contribution < 1.29 is 18.4 Å². The van der Waals surface area contributed by atoms with Gasteiger partial charge < -0.3 is 14.2 Å². The fourth-order valence-corrected chi connectivity index (χ4v) is 3.70. The van der Waals surface area contributed by atoms with Crippen LogP contribution in [0.3, 0.4) is 0 Å². The SMILES string of the molecule is Cc1c(C(=O)Nc2ccccc2Br)oc2c1/C(=N/NC(=O)c1ccco1)CCC2. The second-order valence-electron chi connectivity index (χ2n) is 6.62. The summed E-state index contributed by atoms with van der Waals surface area (Å²) in [5.41, 5.74) is 5.35. The Balaban J connectivity index is 1.59. The van der Waals surface area contributed by atoms with Gasteiger partial charge >= 0.3 is 5.91 Å². The first-order valence-electron chi connectivity index (χ1n) is 9.13. The molecular formula is C21H18BrN3O4. The molecule has 1 aliphatic rings. The number of hydrazone groups is 1. The predicted molar refractivity (Wildman–Crippen MR) is 111 cm³/mol. The molecule has 0 aliphatic heterocycles. The van der Waals surface area contributed by atoms with E-state index in [9.17, 15) is 9.59 Å². The Hall–Kier alpha value is -3.13. The molecule has 0 saturated carbocycles. The molecule has 0 unspecified atom stereocenters. The number of aryl methyl sites for hydroxylation is 1. The van der Waals surface area contributed by atoms with Crippen molar-refractivity contribution in [1.82, 2.24) is 5.43 Å². The number of hydrogen-bond donors (Lipinski definition) is 2. The van der Waals surface area contributed by atoms with Crippen LogP contribution in [-0.2, 0) is 6.42 Å². The highest BCUT2D eigenvalue weighted by Crippen LogP contribution is 2.31. The van der Waals surface area contributed by atoms with E-state index in [1.807, 2.05) is 25.1 Å². The molecule has 7 nitrogen and oxygen atoms in total. The number of benzene rings is 1. The molecule has 4 rings (SSSR count). The Morgan fingerprint density at radius 1 is 1.10 bits per heavy atom. The Kier molecular flexibility index (Phi) is 5.35. The van der Waals surface area contributed by atoms with Crippen LogP contribution in [0.2, 0.25) is 0 Å². The molecule has 3 aromatic rings. The van der Waals surface area contributed by atoms with Crippen molar-refractivity contribution in [3.05, 3.63) is 75.5 Å². The smallest absolute Gasteiger partial charge is 0.307 e. The van der Waals surface area contributed by atoms with Gasteiger partial charge in [0.15, 0.2) is 11.5 Å². The molecule has 0 atom stereocenters. The quantitative estimate of drug-likeness (QED) is 0.558. The van der Waals surface area contributed by atoms with Gasteiger partial charge in [-0.05, 0) is 60.0 Å². The Morgan fingerprint density at radius 3 is 2.69 bits per heavy atom. The molecule has 2 heterocycles. The first-order valence-corrected chi connectivity index (χ1v) is 9.93. The van der Waals surface area contributed by atoms with Crippen molar-refractivity contribution in [2.75, 3.05) is 5.32 Å². The van der Waals surface area contributed by atoms with E-state index in [1.165, 1.54) is 6.26 Å². The molecule has 0 radical (unpaired) electrons. The van der Waals surface area contributed by atoms with Crippen LogP contribution in [0.1, 0.15) is 50.8 Å². The molecule has 148 valence electrons. The van der Waals surface area contributed by atoms with Crippen molar-refractivity contribution in [2.24, 2.45) is 5.10 Å². The molecule has 0 fully saturated rings. The molecule has 0 saturated heterocycles. The minimum absolute atomic E-state index is 0.183. The van der Waals surface area contributed by atoms with E-state index < -0.39 is 5.91 Å². The second kappa shape index (κ2) is 8.08. The van der Waals surface area contributed by atoms with E-state index >= 15 is 0 Å². The molecule has 2 amide bonds. The molecule has 1 aromatic carbocycles. The zero-order chi connectivity index (χ0) is 20.4. The van der Waals surface area contributed by atoms with Crippen LogP contribution in [0, 0.1) is 6.92 Å². The number of nitrogens with one attached hydrogen (secondary N) is 2. The maximum atomic E-state index is 12.8. The van der Waals surface area contributed by atoms with Gasteiger partial charge in [0.2, 0.25) is 0 Å².